The molecule has 2 atom stereocenters. The average molecular weight is 533 g/mol. The van der Waals surface area contributed by atoms with Crippen LogP contribution in [0.3, 0.4) is 0 Å². The Morgan fingerprint density at radius 1 is 1.03 bits per heavy atom. The molecular weight excluding hydrogens is 492 g/mol. The van der Waals surface area contributed by atoms with Gasteiger partial charge in [-0.05, 0) is 81.1 Å². The molecule has 2 aromatic rings. The van der Waals surface area contributed by atoms with Gasteiger partial charge in [0, 0.05) is 31.9 Å². The number of amides is 3. The Bertz CT molecular complexity index is 1210. The molecule has 3 amide bonds. The minimum atomic E-state index is -0.619. The molecule has 0 bridgehead atoms. The predicted molar refractivity (Wildman–Crippen MR) is 151 cm³/mol. The lowest BCUT2D eigenvalue weighted by Gasteiger charge is -2.38. The zero-order valence-electron chi connectivity index (χ0n) is 22.9. The molecule has 0 radical (unpaired) electrons. The van der Waals surface area contributed by atoms with Crippen LogP contribution in [0.25, 0.3) is 0 Å². The molecule has 2 unspecified atom stereocenters. The van der Waals surface area contributed by atoms with Gasteiger partial charge in [-0.25, -0.2) is 14.8 Å². The third-order valence-electron chi connectivity index (χ3n) is 9.23. The van der Waals surface area contributed by atoms with Crippen molar-refractivity contribution in [1.82, 2.24) is 25.1 Å². The summed E-state index contributed by atoms with van der Waals surface area (Å²) in [5, 5.41) is 6.74. The van der Waals surface area contributed by atoms with Crippen molar-refractivity contribution < 1.29 is 9.59 Å². The fraction of sp³-hybridized carbons (Fsp3) is 0.586. The molecule has 1 aromatic carbocycles. The first-order valence-electron chi connectivity index (χ1n) is 14.5. The Morgan fingerprint density at radius 3 is 2.51 bits per heavy atom. The van der Waals surface area contributed by atoms with Crippen molar-refractivity contribution in [2.45, 2.75) is 69.4 Å². The number of carbonyl (C=O) groups is 2. The minimum Gasteiger partial charge on any atom is -0.364 e. The Labute approximate surface area is 230 Å². The molecule has 4 N–H and O–H groups in total. The maximum Gasteiger partial charge on any atom is 0.320 e. The largest absolute Gasteiger partial charge is 0.364 e. The molecule has 4 saturated heterocycles. The maximum atomic E-state index is 13.1. The number of nitrogens with one attached hydrogen (secondary N) is 2. The molecule has 1 aromatic heterocycles. The van der Waals surface area contributed by atoms with Crippen molar-refractivity contribution in [3.63, 3.8) is 0 Å². The van der Waals surface area contributed by atoms with Gasteiger partial charge in [0.1, 0.15) is 5.82 Å². The van der Waals surface area contributed by atoms with Crippen molar-refractivity contribution in [3.05, 3.63) is 41.7 Å². The van der Waals surface area contributed by atoms with Gasteiger partial charge in [0.05, 0.1) is 18.3 Å². The van der Waals surface area contributed by atoms with E-state index in [1.165, 1.54) is 12.0 Å². The number of fused-ring (bicyclic) bond motifs is 1. The highest BCUT2D eigenvalue weighted by molar-refractivity contribution is 5.96. The summed E-state index contributed by atoms with van der Waals surface area (Å²) in [6, 6.07) is 9.07. The number of nitrogens with two attached hydrogens (primary N) is 1. The van der Waals surface area contributed by atoms with E-state index >= 15 is 0 Å². The smallest absolute Gasteiger partial charge is 0.320 e. The first kappa shape index (κ1) is 25.9. The lowest BCUT2D eigenvalue weighted by Crippen LogP contribution is -2.49. The van der Waals surface area contributed by atoms with Crippen LogP contribution in [0.4, 0.5) is 22.1 Å². The molecule has 0 spiro atoms. The zero-order valence-corrected chi connectivity index (χ0v) is 22.9. The number of nitrogens with zero attached hydrogens (tertiary/aromatic N) is 5. The second-order valence-corrected chi connectivity index (χ2v) is 11.8. The van der Waals surface area contributed by atoms with Crippen LogP contribution >= 0.6 is 0 Å². The molecule has 4 fully saturated rings. The van der Waals surface area contributed by atoms with Gasteiger partial charge < -0.3 is 31.1 Å². The summed E-state index contributed by atoms with van der Waals surface area (Å²) in [4.78, 5) is 40.9. The molecule has 39 heavy (non-hydrogen) atoms. The molecular formula is C29H40N8O2. The monoisotopic (exact) mass is 532 g/mol. The van der Waals surface area contributed by atoms with Crippen LogP contribution in [0.2, 0.25) is 0 Å². The highest BCUT2D eigenvalue weighted by Crippen LogP contribution is 2.34. The van der Waals surface area contributed by atoms with Crippen molar-refractivity contribution in [2.75, 3.05) is 49.5 Å². The maximum absolute atomic E-state index is 13.1. The van der Waals surface area contributed by atoms with E-state index < -0.39 is 5.91 Å². The second kappa shape index (κ2) is 10.6. The van der Waals surface area contributed by atoms with E-state index in [0.29, 0.717) is 24.2 Å². The lowest BCUT2D eigenvalue weighted by atomic mass is 9.75. The lowest BCUT2D eigenvalue weighted by molar-refractivity contribution is 0.0996. The van der Waals surface area contributed by atoms with E-state index in [9.17, 15) is 9.59 Å². The highest BCUT2D eigenvalue weighted by Gasteiger charge is 2.42. The summed E-state index contributed by atoms with van der Waals surface area (Å²) < 4.78 is 0. The molecule has 0 saturated carbocycles. The summed E-state index contributed by atoms with van der Waals surface area (Å²) in [6.07, 6.45) is 9.21. The number of hydrogen-bond donors (Lipinski definition) is 3. The van der Waals surface area contributed by atoms with Gasteiger partial charge in [-0.3, -0.25) is 4.79 Å². The Balaban J connectivity index is 1.19. The summed E-state index contributed by atoms with van der Waals surface area (Å²) >= 11 is 0. The van der Waals surface area contributed by atoms with Crippen LogP contribution in [0.15, 0.2) is 30.5 Å². The van der Waals surface area contributed by atoms with Gasteiger partial charge in [0.25, 0.3) is 5.91 Å². The number of urea groups is 1. The molecule has 10 heteroatoms. The van der Waals surface area contributed by atoms with Crippen LogP contribution < -0.4 is 21.3 Å². The number of benzene rings is 1. The molecule has 4 aliphatic rings. The standard InChI is InChI=1S/C29H40N8O2/c1-29(11-13-31-14-12-29)20-7-9-21(10-8-20)33-27-25(26(30)38)32-17-24(34-27)35-15-4-6-22(18-35)37-19-23-5-2-3-16-36(23)28(37)39/h7-10,17,22-23,31H,2-6,11-16,18-19H2,1H3,(H2,30,38)(H,33,34). The van der Waals surface area contributed by atoms with Gasteiger partial charge in [-0.15, -0.1) is 0 Å². The Kier molecular flexibility index (Phi) is 7.05. The van der Waals surface area contributed by atoms with Crippen LogP contribution in [0, 0.1) is 0 Å². The van der Waals surface area contributed by atoms with Crippen LogP contribution in [-0.2, 0) is 5.41 Å². The van der Waals surface area contributed by atoms with E-state index in [2.05, 4.69) is 49.4 Å². The Morgan fingerprint density at radius 2 is 1.77 bits per heavy atom. The summed E-state index contributed by atoms with van der Waals surface area (Å²) in [5.41, 5.74) is 8.10. The molecule has 4 aliphatic heterocycles. The van der Waals surface area contributed by atoms with Gasteiger partial charge in [0.15, 0.2) is 11.5 Å². The summed E-state index contributed by atoms with van der Waals surface area (Å²) in [7, 11) is 0. The van der Waals surface area contributed by atoms with E-state index in [-0.39, 0.29) is 23.2 Å². The van der Waals surface area contributed by atoms with Crippen molar-refractivity contribution in [1.29, 1.82) is 0 Å². The van der Waals surface area contributed by atoms with Gasteiger partial charge in [-0.1, -0.05) is 19.1 Å². The number of primary amides is 1. The highest BCUT2D eigenvalue weighted by atomic mass is 16.2. The number of piperidine rings is 3. The first-order valence-corrected chi connectivity index (χ1v) is 14.5. The van der Waals surface area contributed by atoms with E-state index in [4.69, 9.17) is 10.7 Å². The normalized spacial score (nSPS) is 24.9. The first-order chi connectivity index (χ1) is 18.9. The number of carbonyl (C=O) groups excluding carboxylic acids is 2. The van der Waals surface area contributed by atoms with E-state index in [1.807, 2.05) is 12.1 Å². The number of rotatable bonds is 6. The summed E-state index contributed by atoms with van der Waals surface area (Å²) in [5.74, 6) is 0.430. The predicted octanol–water partition coefficient (Wildman–Crippen LogP) is 3.22. The molecule has 6 rings (SSSR count). The summed E-state index contributed by atoms with van der Waals surface area (Å²) in [6.45, 7) is 7.62. The van der Waals surface area contributed by atoms with E-state index in [0.717, 1.165) is 76.9 Å². The second-order valence-electron chi connectivity index (χ2n) is 11.8. The fourth-order valence-corrected chi connectivity index (χ4v) is 6.79. The molecule has 5 heterocycles. The number of aromatic nitrogens is 2. The van der Waals surface area contributed by atoms with Crippen LogP contribution in [0.1, 0.15) is 67.9 Å². The molecule has 208 valence electrons. The van der Waals surface area contributed by atoms with Gasteiger partial charge in [0.2, 0.25) is 0 Å². The zero-order chi connectivity index (χ0) is 27.0. The number of hydrogen-bond acceptors (Lipinski definition) is 7. The third kappa shape index (κ3) is 5.14. The van der Waals surface area contributed by atoms with E-state index in [1.54, 1.807) is 6.20 Å². The topological polar surface area (TPSA) is 120 Å². The Hall–Kier alpha value is -3.40. The quantitative estimate of drug-likeness (QED) is 0.523. The minimum absolute atomic E-state index is 0.119. The van der Waals surface area contributed by atoms with Gasteiger partial charge in [-0.2, -0.15) is 0 Å². The third-order valence-corrected chi connectivity index (χ3v) is 9.23. The van der Waals surface area contributed by atoms with Gasteiger partial charge >= 0.3 is 6.03 Å². The fourth-order valence-electron chi connectivity index (χ4n) is 6.79. The SMILES string of the molecule is CC1(c2ccc(Nc3nc(N4CCCC(N5CC6CCCCN6C5=O)C4)cnc3C(N)=O)cc2)CCNCC1. The average Bonchev–Trinajstić information content (AvgIpc) is 3.30. The van der Waals surface area contributed by atoms with Crippen LogP contribution in [0.5, 0.6) is 0 Å². The van der Waals surface area contributed by atoms with Crippen molar-refractivity contribution in [2.24, 2.45) is 5.73 Å². The molecule has 0 aliphatic carbocycles. The van der Waals surface area contributed by atoms with Crippen LogP contribution in [-0.4, -0.2) is 83.1 Å². The van der Waals surface area contributed by atoms with Crippen molar-refractivity contribution >= 4 is 29.3 Å². The number of anilines is 3. The molecule has 10 nitrogen and oxygen atoms in total. The van der Waals surface area contributed by atoms with Crippen molar-refractivity contribution in [3.8, 4) is 0 Å².